The third kappa shape index (κ3) is 2.87. The number of hydrogen-bond acceptors (Lipinski definition) is 5. The SMILES string of the molecule is CCN1CCN(C(=O)c2ccc3cccc(F)c3n2)[C@@H]2CS(=O)(=O)C[C@@H]21. The molecule has 4 rings (SSSR count). The molecule has 138 valence electrons. The molecule has 26 heavy (non-hydrogen) atoms. The number of carbonyl (C=O) groups is 1. The lowest BCUT2D eigenvalue weighted by atomic mass is 10.0. The Balaban J connectivity index is 1.69. The highest BCUT2D eigenvalue weighted by molar-refractivity contribution is 7.91. The molecule has 0 bridgehead atoms. The summed E-state index contributed by atoms with van der Waals surface area (Å²) in [6.07, 6.45) is 0. The van der Waals surface area contributed by atoms with Crippen LogP contribution in [-0.4, -0.2) is 72.3 Å². The average Bonchev–Trinajstić information content (AvgIpc) is 2.95. The minimum Gasteiger partial charge on any atom is -0.330 e. The van der Waals surface area contributed by atoms with E-state index in [-0.39, 0.29) is 40.7 Å². The fraction of sp³-hybridized carbons (Fsp3) is 0.444. The van der Waals surface area contributed by atoms with Crippen LogP contribution < -0.4 is 0 Å². The summed E-state index contributed by atoms with van der Waals surface area (Å²) < 4.78 is 38.3. The van der Waals surface area contributed by atoms with Crippen molar-refractivity contribution in [1.82, 2.24) is 14.8 Å². The van der Waals surface area contributed by atoms with Gasteiger partial charge in [0.2, 0.25) is 0 Å². The van der Waals surface area contributed by atoms with Crippen molar-refractivity contribution in [2.75, 3.05) is 31.1 Å². The van der Waals surface area contributed by atoms with Gasteiger partial charge >= 0.3 is 0 Å². The van der Waals surface area contributed by atoms with Gasteiger partial charge in [-0.15, -0.1) is 0 Å². The summed E-state index contributed by atoms with van der Waals surface area (Å²) in [5, 5.41) is 0.624. The van der Waals surface area contributed by atoms with Crippen LogP contribution >= 0.6 is 0 Å². The zero-order valence-corrected chi connectivity index (χ0v) is 15.2. The van der Waals surface area contributed by atoms with E-state index in [2.05, 4.69) is 9.88 Å². The number of nitrogens with zero attached hydrogens (tertiary/aromatic N) is 3. The Labute approximate surface area is 151 Å². The molecule has 0 radical (unpaired) electrons. The van der Waals surface area contributed by atoms with Crippen molar-refractivity contribution >= 4 is 26.6 Å². The monoisotopic (exact) mass is 377 g/mol. The maximum absolute atomic E-state index is 14.0. The number of sulfone groups is 1. The summed E-state index contributed by atoms with van der Waals surface area (Å²) in [5.74, 6) is -0.760. The van der Waals surface area contributed by atoms with Gasteiger partial charge in [0.05, 0.1) is 17.5 Å². The number of para-hydroxylation sites is 1. The number of pyridine rings is 1. The van der Waals surface area contributed by atoms with Gasteiger partial charge in [-0.3, -0.25) is 9.69 Å². The van der Waals surface area contributed by atoms with Crippen molar-refractivity contribution in [3.8, 4) is 0 Å². The summed E-state index contributed by atoms with van der Waals surface area (Å²) in [6, 6.07) is 7.33. The van der Waals surface area contributed by atoms with Gasteiger partial charge in [0.15, 0.2) is 9.84 Å². The van der Waals surface area contributed by atoms with Crippen molar-refractivity contribution < 1.29 is 17.6 Å². The van der Waals surface area contributed by atoms with Crippen LogP contribution in [0.3, 0.4) is 0 Å². The van der Waals surface area contributed by atoms with Gasteiger partial charge < -0.3 is 4.90 Å². The lowest BCUT2D eigenvalue weighted by Gasteiger charge is -2.43. The summed E-state index contributed by atoms with van der Waals surface area (Å²) in [5.41, 5.74) is 0.303. The van der Waals surface area contributed by atoms with Crippen LogP contribution in [0.4, 0.5) is 4.39 Å². The number of rotatable bonds is 2. The fourth-order valence-corrected chi connectivity index (χ4v) is 6.06. The molecule has 2 fully saturated rings. The van der Waals surface area contributed by atoms with Gasteiger partial charge in [-0.25, -0.2) is 17.8 Å². The van der Waals surface area contributed by atoms with Gasteiger partial charge in [-0.05, 0) is 18.7 Å². The molecule has 1 aromatic heterocycles. The summed E-state index contributed by atoms with van der Waals surface area (Å²) in [7, 11) is -3.18. The van der Waals surface area contributed by atoms with Crippen LogP contribution in [0.1, 0.15) is 17.4 Å². The van der Waals surface area contributed by atoms with Crippen LogP contribution in [0, 0.1) is 5.82 Å². The van der Waals surface area contributed by atoms with Crippen molar-refractivity contribution in [2.45, 2.75) is 19.0 Å². The second kappa shape index (κ2) is 6.28. The predicted octanol–water partition coefficient (Wildman–Crippen LogP) is 1.32. The highest BCUT2D eigenvalue weighted by Crippen LogP contribution is 2.28. The van der Waals surface area contributed by atoms with E-state index in [0.717, 1.165) is 6.54 Å². The topological polar surface area (TPSA) is 70.6 Å². The van der Waals surface area contributed by atoms with E-state index in [0.29, 0.717) is 18.5 Å². The second-order valence-electron chi connectivity index (χ2n) is 6.85. The lowest BCUT2D eigenvalue weighted by Crippen LogP contribution is -2.60. The zero-order chi connectivity index (χ0) is 18.5. The Hall–Kier alpha value is -2.06. The smallest absolute Gasteiger partial charge is 0.272 e. The number of likely N-dealkylation sites (N-methyl/N-ethyl adjacent to an activating group) is 1. The van der Waals surface area contributed by atoms with Crippen molar-refractivity contribution in [1.29, 1.82) is 0 Å². The normalized spacial score (nSPS) is 25.4. The van der Waals surface area contributed by atoms with E-state index in [1.54, 1.807) is 29.2 Å². The predicted molar refractivity (Wildman–Crippen MR) is 96.2 cm³/mol. The minimum atomic E-state index is -3.18. The molecule has 0 aliphatic carbocycles. The number of benzene rings is 1. The molecular formula is C18H20FN3O3S. The molecule has 0 unspecified atom stereocenters. The molecule has 6 nitrogen and oxygen atoms in total. The van der Waals surface area contributed by atoms with Crippen molar-refractivity contribution in [3.05, 3.63) is 41.8 Å². The summed E-state index contributed by atoms with van der Waals surface area (Å²) >= 11 is 0. The zero-order valence-electron chi connectivity index (χ0n) is 14.4. The lowest BCUT2D eigenvalue weighted by molar-refractivity contribution is 0.0345. The van der Waals surface area contributed by atoms with E-state index in [1.165, 1.54) is 6.07 Å². The number of aromatic nitrogens is 1. The number of hydrogen-bond donors (Lipinski definition) is 0. The molecule has 2 aromatic rings. The summed E-state index contributed by atoms with van der Waals surface area (Å²) in [4.78, 5) is 21.0. The van der Waals surface area contributed by atoms with Gasteiger partial charge in [0, 0.05) is 24.5 Å². The number of carbonyl (C=O) groups excluding carboxylic acids is 1. The van der Waals surface area contributed by atoms with E-state index < -0.39 is 15.7 Å². The fourth-order valence-electron chi connectivity index (χ4n) is 4.05. The standard InChI is InChI=1S/C18H20FN3O3S/c1-2-21-8-9-22(16-11-26(24,25)10-15(16)21)18(23)14-7-6-12-4-3-5-13(19)17(12)20-14/h3-7,15-16H,2,8-11H2,1H3/t15-,16+/m0/s1. The first-order valence-electron chi connectivity index (χ1n) is 8.70. The maximum atomic E-state index is 14.0. The third-order valence-corrected chi connectivity index (χ3v) is 7.05. The van der Waals surface area contributed by atoms with Crippen LogP contribution in [-0.2, 0) is 9.84 Å². The second-order valence-corrected chi connectivity index (χ2v) is 9.00. The Kier molecular flexibility index (Phi) is 4.19. The molecular weight excluding hydrogens is 357 g/mol. The van der Waals surface area contributed by atoms with Crippen LogP contribution in [0.15, 0.2) is 30.3 Å². The molecule has 2 saturated heterocycles. The first kappa shape index (κ1) is 17.4. The van der Waals surface area contributed by atoms with Crippen molar-refractivity contribution in [2.24, 2.45) is 0 Å². The Morgan fingerprint density at radius 3 is 2.73 bits per heavy atom. The Bertz CT molecular complexity index is 979. The van der Waals surface area contributed by atoms with E-state index in [1.807, 2.05) is 6.92 Å². The number of piperazine rings is 1. The van der Waals surface area contributed by atoms with E-state index >= 15 is 0 Å². The molecule has 0 saturated carbocycles. The molecule has 8 heteroatoms. The number of amides is 1. The van der Waals surface area contributed by atoms with Gasteiger partial charge in [-0.1, -0.05) is 25.1 Å². The highest BCUT2D eigenvalue weighted by Gasteiger charge is 2.47. The summed E-state index contributed by atoms with van der Waals surface area (Å²) in [6.45, 7) is 3.81. The van der Waals surface area contributed by atoms with Crippen molar-refractivity contribution in [3.63, 3.8) is 0 Å². The highest BCUT2D eigenvalue weighted by atomic mass is 32.2. The molecule has 1 amide bonds. The minimum absolute atomic E-state index is 0.0259. The Morgan fingerprint density at radius 1 is 1.19 bits per heavy atom. The Morgan fingerprint density at radius 2 is 1.96 bits per heavy atom. The van der Waals surface area contributed by atoms with E-state index in [9.17, 15) is 17.6 Å². The van der Waals surface area contributed by atoms with Crippen LogP contribution in [0.25, 0.3) is 10.9 Å². The molecule has 1 aromatic carbocycles. The first-order valence-corrected chi connectivity index (χ1v) is 10.5. The van der Waals surface area contributed by atoms with Crippen LogP contribution in [0.5, 0.6) is 0 Å². The molecule has 0 spiro atoms. The van der Waals surface area contributed by atoms with Gasteiger partial charge in [0.25, 0.3) is 5.91 Å². The molecule has 3 heterocycles. The van der Waals surface area contributed by atoms with Crippen LogP contribution in [0.2, 0.25) is 0 Å². The van der Waals surface area contributed by atoms with Gasteiger partial charge in [-0.2, -0.15) is 0 Å². The van der Waals surface area contributed by atoms with E-state index in [4.69, 9.17) is 0 Å². The molecule has 0 N–H and O–H groups in total. The average molecular weight is 377 g/mol. The molecule has 2 aliphatic heterocycles. The largest absolute Gasteiger partial charge is 0.330 e. The molecule has 2 atom stereocenters. The van der Waals surface area contributed by atoms with Gasteiger partial charge in [0.1, 0.15) is 17.0 Å². The maximum Gasteiger partial charge on any atom is 0.272 e. The first-order chi connectivity index (χ1) is 12.4. The number of fused-ring (bicyclic) bond motifs is 2. The number of halogens is 1. The quantitative estimate of drug-likeness (QED) is 0.789. The third-order valence-electron chi connectivity index (χ3n) is 5.35. The molecule has 2 aliphatic rings.